The number of hydrogen-bond donors (Lipinski definition) is 3. The molecule has 0 saturated carbocycles. The Morgan fingerprint density at radius 2 is 2.15 bits per heavy atom. The predicted octanol–water partition coefficient (Wildman–Crippen LogP) is 5.26. The molecule has 10 nitrogen and oxygen atoms in total. The zero-order chi connectivity index (χ0) is 28.8. The number of pyridine rings is 1. The number of carbonyl (C=O) groups is 2. The summed E-state index contributed by atoms with van der Waals surface area (Å²) in [7, 11) is 3.29. The SMILES string of the molecule is C=CCC1CN(C(=O)O)C(=O)c2c1[nH]c(-c1ccncc1OCCN(C)CC=C)c2Nc1cccc(F)c1OC. The fourth-order valence-electron chi connectivity index (χ4n) is 4.74. The molecule has 0 radical (unpaired) electrons. The number of aromatic nitrogens is 2. The average molecular weight is 550 g/mol. The number of halogens is 1. The number of nitrogens with one attached hydrogen (secondary N) is 2. The van der Waals surface area contributed by atoms with Gasteiger partial charge in [-0.1, -0.05) is 18.2 Å². The number of amides is 2. The summed E-state index contributed by atoms with van der Waals surface area (Å²) in [6.45, 7) is 9.19. The number of H-pyrrole nitrogens is 1. The highest BCUT2D eigenvalue weighted by molar-refractivity contribution is 6.11. The second kappa shape index (κ2) is 12.5. The second-order valence-corrected chi connectivity index (χ2v) is 9.30. The van der Waals surface area contributed by atoms with Gasteiger partial charge in [0, 0.05) is 43.0 Å². The minimum Gasteiger partial charge on any atom is -0.492 e. The standard InChI is InChI=1S/C29H32FN5O5/c1-5-8-18-17-35(29(37)38)28(36)23-24(18)33-25(26(23)32-21-10-7-9-20(30)27(21)39-4)19-11-12-31-16-22(19)40-15-14-34(3)13-6-2/h5-7,9-12,16,18,32-33H,1-2,8,13-15,17H2,3-4H3,(H,37,38). The van der Waals surface area contributed by atoms with E-state index in [1.165, 1.54) is 19.2 Å². The van der Waals surface area contributed by atoms with Crippen LogP contribution in [0.15, 0.2) is 62.0 Å². The Kier molecular flexibility index (Phi) is 8.85. The van der Waals surface area contributed by atoms with Gasteiger partial charge in [0.15, 0.2) is 11.6 Å². The molecule has 2 aromatic heterocycles. The number of benzene rings is 1. The Morgan fingerprint density at radius 3 is 2.85 bits per heavy atom. The number of nitrogens with zero attached hydrogens (tertiary/aromatic N) is 3. The van der Waals surface area contributed by atoms with Crippen molar-refractivity contribution in [3.63, 3.8) is 0 Å². The van der Waals surface area contributed by atoms with E-state index in [-0.39, 0.29) is 35.2 Å². The van der Waals surface area contributed by atoms with E-state index in [0.717, 1.165) is 4.90 Å². The van der Waals surface area contributed by atoms with Crippen molar-refractivity contribution in [1.29, 1.82) is 0 Å². The van der Waals surface area contributed by atoms with Gasteiger partial charge < -0.3 is 24.9 Å². The third-order valence-electron chi connectivity index (χ3n) is 6.64. The van der Waals surface area contributed by atoms with E-state index in [4.69, 9.17) is 9.47 Å². The molecule has 1 aromatic carbocycles. The van der Waals surface area contributed by atoms with Crippen molar-refractivity contribution in [3.05, 3.63) is 79.0 Å². The summed E-state index contributed by atoms with van der Waals surface area (Å²) < 4.78 is 26.0. The number of allylic oxidation sites excluding steroid dienone is 1. The van der Waals surface area contributed by atoms with Gasteiger partial charge in [-0.25, -0.2) is 14.1 Å². The molecule has 1 unspecified atom stereocenters. The monoisotopic (exact) mass is 549 g/mol. The first-order chi connectivity index (χ1) is 19.3. The van der Waals surface area contributed by atoms with E-state index < -0.39 is 17.8 Å². The molecular weight excluding hydrogens is 517 g/mol. The number of carboxylic acid groups (broad SMARTS) is 1. The van der Waals surface area contributed by atoms with Crippen LogP contribution in [-0.2, 0) is 0 Å². The molecule has 0 spiro atoms. The number of carbonyl (C=O) groups excluding carboxylic acids is 1. The molecule has 1 aliphatic rings. The highest BCUT2D eigenvalue weighted by Gasteiger charge is 2.40. The summed E-state index contributed by atoms with van der Waals surface area (Å²) in [6.07, 6.45) is 5.69. The lowest BCUT2D eigenvalue weighted by Gasteiger charge is -2.29. The zero-order valence-corrected chi connectivity index (χ0v) is 22.4. The van der Waals surface area contributed by atoms with Crippen LogP contribution in [0.25, 0.3) is 11.3 Å². The summed E-state index contributed by atoms with van der Waals surface area (Å²) in [6, 6.07) is 6.10. The van der Waals surface area contributed by atoms with Crippen molar-refractivity contribution < 1.29 is 28.6 Å². The minimum atomic E-state index is -1.36. The molecule has 1 aliphatic heterocycles. The normalized spacial score (nSPS) is 14.6. The fraction of sp³-hybridized carbons (Fsp3) is 0.276. The van der Waals surface area contributed by atoms with Crippen molar-refractivity contribution >= 4 is 23.4 Å². The summed E-state index contributed by atoms with van der Waals surface area (Å²) in [5.74, 6) is -1.28. The van der Waals surface area contributed by atoms with Gasteiger partial charge in [-0.2, -0.15) is 0 Å². The molecular formula is C29H32FN5O5. The molecule has 1 atom stereocenters. The van der Waals surface area contributed by atoms with Gasteiger partial charge in [0.25, 0.3) is 5.91 Å². The number of likely N-dealkylation sites (N-methyl/N-ethyl adjacent to an activating group) is 1. The average Bonchev–Trinajstić information content (AvgIpc) is 3.30. The van der Waals surface area contributed by atoms with Gasteiger partial charge >= 0.3 is 6.09 Å². The van der Waals surface area contributed by atoms with Crippen molar-refractivity contribution in [1.82, 2.24) is 19.8 Å². The number of ether oxygens (including phenoxy) is 2. The first-order valence-electron chi connectivity index (χ1n) is 12.7. The van der Waals surface area contributed by atoms with Crippen LogP contribution in [-0.4, -0.2) is 77.3 Å². The van der Waals surface area contributed by atoms with Gasteiger partial charge in [0.1, 0.15) is 12.4 Å². The largest absolute Gasteiger partial charge is 0.492 e. The van der Waals surface area contributed by atoms with Crippen LogP contribution < -0.4 is 14.8 Å². The molecule has 4 rings (SSSR count). The lowest BCUT2D eigenvalue weighted by Crippen LogP contribution is -2.43. The number of para-hydroxylation sites is 1. The molecule has 3 heterocycles. The lowest BCUT2D eigenvalue weighted by atomic mass is 9.92. The number of hydrogen-bond acceptors (Lipinski definition) is 7. The van der Waals surface area contributed by atoms with E-state index in [1.54, 1.807) is 36.7 Å². The molecule has 0 bridgehead atoms. The van der Waals surface area contributed by atoms with E-state index >= 15 is 0 Å². The van der Waals surface area contributed by atoms with Crippen molar-refractivity contribution in [3.8, 4) is 22.8 Å². The Balaban J connectivity index is 1.88. The molecule has 11 heteroatoms. The first kappa shape index (κ1) is 28.4. The van der Waals surface area contributed by atoms with E-state index in [9.17, 15) is 19.1 Å². The molecule has 2 amide bonds. The smallest absolute Gasteiger partial charge is 0.414 e. The van der Waals surface area contributed by atoms with Crippen LogP contribution in [0.4, 0.5) is 20.6 Å². The van der Waals surface area contributed by atoms with Crippen LogP contribution >= 0.6 is 0 Å². The minimum absolute atomic E-state index is 0.0365. The van der Waals surface area contributed by atoms with E-state index in [1.807, 2.05) is 11.9 Å². The summed E-state index contributed by atoms with van der Waals surface area (Å²) in [5.41, 5.74) is 2.25. The van der Waals surface area contributed by atoms with Gasteiger partial charge in [0.2, 0.25) is 0 Å². The molecule has 0 saturated heterocycles. The van der Waals surface area contributed by atoms with Crippen LogP contribution in [0.1, 0.15) is 28.4 Å². The number of imide groups is 1. The van der Waals surface area contributed by atoms with E-state index in [0.29, 0.717) is 48.8 Å². The van der Waals surface area contributed by atoms with Gasteiger partial charge in [-0.15, -0.1) is 13.2 Å². The third-order valence-corrected chi connectivity index (χ3v) is 6.64. The highest BCUT2D eigenvalue weighted by Crippen LogP contribution is 2.45. The molecule has 3 N–H and O–H groups in total. The zero-order valence-electron chi connectivity index (χ0n) is 22.4. The number of rotatable bonds is 12. The van der Waals surface area contributed by atoms with Crippen molar-refractivity contribution in [2.45, 2.75) is 12.3 Å². The summed E-state index contributed by atoms with van der Waals surface area (Å²) in [4.78, 5) is 36.0. The number of anilines is 2. The molecule has 0 aliphatic carbocycles. The number of methoxy groups -OCH3 is 1. The molecule has 0 fully saturated rings. The lowest BCUT2D eigenvalue weighted by molar-refractivity contribution is 0.0709. The Morgan fingerprint density at radius 1 is 1.35 bits per heavy atom. The van der Waals surface area contributed by atoms with E-state index in [2.05, 4.69) is 28.4 Å². The van der Waals surface area contributed by atoms with Crippen LogP contribution in [0.2, 0.25) is 0 Å². The van der Waals surface area contributed by atoms with Gasteiger partial charge in [-0.3, -0.25) is 14.7 Å². The van der Waals surface area contributed by atoms with Crippen LogP contribution in [0, 0.1) is 5.82 Å². The van der Waals surface area contributed by atoms with Crippen molar-refractivity contribution in [2.75, 3.05) is 45.7 Å². The second-order valence-electron chi connectivity index (χ2n) is 9.30. The Bertz CT molecular complexity index is 1420. The molecule has 40 heavy (non-hydrogen) atoms. The predicted molar refractivity (Wildman–Crippen MR) is 150 cm³/mol. The van der Waals surface area contributed by atoms with Crippen LogP contribution in [0.3, 0.4) is 0 Å². The first-order valence-corrected chi connectivity index (χ1v) is 12.7. The van der Waals surface area contributed by atoms with Gasteiger partial charge in [0.05, 0.1) is 35.9 Å². The van der Waals surface area contributed by atoms with Crippen LogP contribution in [0.5, 0.6) is 11.5 Å². The maximum Gasteiger partial charge on any atom is 0.414 e. The summed E-state index contributed by atoms with van der Waals surface area (Å²) in [5, 5.41) is 13.0. The highest BCUT2D eigenvalue weighted by atomic mass is 19.1. The summed E-state index contributed by atoms with van der Waals surface area (Å²) >= 11 is 0. The molecule has 210 valence electrons. The third kappa shape index (κ3) is 5.69. The maximum atomic E-state index is 14.6. The Labute approximate surface area is 231 Å². The quantitative estimate of drug-likeness (QED) is 0.262. The fourth-order valence-corrected chi connectivity index (χ4v) is 4.74. The topological polar surface area (TPSA) is 120 Å². The Hall–Kier alpha value is -4.64. The maximum absolute atomic E-state index is 14.6. The number of aromatic amines is 1. The number of fused-ring (bicyclic) bond motifs is 1. The van der Waals surface area contributed by atoms with Crippen molar-refractivity contribution in [2.24, 2.45) is 0 Å². The van der Waals surface area contributed by atoms with Gasteiger partial charge in [-0.05, 0) is 31.7 Å². The molecule has 3 aromatic rings.